The van der Waals surface area contributed by atoms with Crippen molar-refractivity contribution in [2.75, 3.05) is 0 Å². The molecule has 0 bridgehead atoms. The molecule has 0 fully saturated rings. The fourth-order valence-electron chi connectivity index (χ4n) is 4.58. The van der Waals surface area contributed by atoms with E-state index in [0.717, 1.165) is 0 Å². The summed E-state index contributed by atoms with van der Waals surface area (Å²) < 4.78 is 46.1. The van der Waals surface area contributed by atoms with Crippen LogP contribution in [0.5, 0.6) is 0 Å². The maximum atomic E-state index is 15.3. The Morgan fingerprint density at radius 2 is 1.76 bits per heavy atom. The predicted octanol–water partition coefficient (Wildman–Crippen LogP) is 5.04. The molecule has 2 heterocycles. The molecule has 5 nitrogen and oxygen atoms in total. The van der Waals surface area contributed by atoms with Crippen molar-refractivity contribution in [1.29, 1.82) is 0 Å². The van der Waals surface area contributed by atoms with Crippen molar-refractivity contribution in [2.45, 2.75) is 32.5 Å². The number of aliphatic hydroxyl groups is 1. The second kappa shape index (κ2) is 7.70. The van der Waals surface area contributed by atoms with E-state index in [1.807, 2.05) is 0 Å². The molecule has 1 N–H and O–H groups in total. The number of rotatable bonds is 4. The highest BCUT2D eigenvalue weighted by atomic mass is 19.2. The third-order valence-corrected chi connectivity index (χ3v) is 6.23. The molecule has 3 aromatic carbocycles. The first-order valence-corrected chi connectivity index (χ1v) is 10.8. The van der Waals surface area contributed by atoms with Gasteiger partial charge in [0.05, 0.1) is 16.7 Å². The van der Waals surface area contributed by atoms with Crippen LogP contribution in [0, 0.1) is 17.5 Å². The first kappa shape index (κ1) is 22.2. The van der Waals surface area contributed by atoms with Gasteiger partial charge in [-0.25, -0.2) is 13.2 Å². The lowest BCUT2D eigenvalue weighted by Gasteiger charge is -2.20. The van der Waals surface area contributed by atoms with Crippen molar-refractivity contribution in [2.24, 2.45) is 7.05 Å². The summed E-state index contributed by atoms with van der Waals surface area (Å²) in [6.07, 6.45) is 1.69. The van der Waals surface area contributed by atoms with Crippen LogP contribution in [-0.2, 0) is 25.7 Å². The second-order valence-electron chi connectivity index (χ2n) is 9.12. The molecule has 34 heavy (non-hydrogen) atoms. The number of halogens is 3. The number of fused-ring (bicyclic) bond motifs is 2. The van der Waals surface area contributed by atoms with Gasteiger partial charge in [0.1, 0.15) is 5.82 Å². The first-order valence-electron chi connectivity index (χ1n) is 10.8. The lowest BCUT2D eigenvalue weighted by molar-refractivity contribution is 0.0760. The Morgan fingerprint density at radius 3 is 2.47 bits per heavy atom. The van der Waals surface area contributed by atoms with E-state index < -0.39 is 29.0 Å². The van der Waals surface area contributed by atoms with Crippen molar-refractivity contribution in [3.63, 3.8) is 0 Å². The molecule has 4 aromatic rings. The van der Waals surface area contributed by atoms with E-state index in [0.29, 0.717) is 27.6 Å². The van der Waals surface area contributed by atoms with Crippen LogP contribution in [0.15, 0.2) is 48.7 Å². The van der Waals surface area contributed by atoms with Gasteiger partial charge in [-0.15, -0.1) is 0 Å². The molecular formula is C26H22F3N3O2. The largest absolute Gasteiger partial charge is 0.386 e. The maximum Gasteiger partial charge on any atom is 0.257 e. The van der Waals surface area contributed by atoms with Gasteiger partial charge in [0.15, 0.2) is 11.6 Å². The predicted molar refractivity (Wildman–Crippen MR) is 121 cm³/mol. The summed E-state index contributed by atoms with van der Waals surface area (Å²) in [7, 11) is 1.71. The Morgan fingerprint density at radius 1 is 1.03 bits per heavy atom. The Hall–Kier alpha value is -3.65. The van der Waals surface area contributed by atoms with Crippen molar-refractivity contribution >= 4 is 16.8 Å². The number of carbonyl (C=O) groups excluding carboxylic acids is 1. The molecule has 0 radical (unpaired) electrons. The minimum absolute atomic E-state index is 0.00152. The normalized spacial score (nSPS) is 13.7. The molecule has 0 spiro atoms. The molecule has 0 saturated carbocycles. The van der Waals surface area contributed by atoms with Gasteiger partial charge < -0.3 is 10.0 Å². The zero-order valence-electron chi connectivity index (χ0n) is 18.9. The van der Waals surface area contributed by atoms with Gasteiger partial charge in [-0.2, -0.15) is 5.10 Å². The highest BCUT2D eigenvalue weighted by Crippen LogP contribution is 2.37. The molecule has 0 atom stereocenters. The Kier molecular flexibility index (Phi) is 5.02. The molecule has 1 aromatic heterocycles. The van der Waals surface area contributed by atoms with Crippen LogP contribution < -0.4 is 0 Å². The quantitative estimate of drug-likeness (QED) is 0.459. The van der Waals surface area contributed by atoms with E-state index in [1.165, 1.54) is 29.2 Å². The molecular weight excluding hydrogens is 443 g/mol. The average Bonchev–Trinajstić information content (AvgIpc) is 3.30. The van der Waals surface area contributed by atoms with E-state index in [9.17, 15) is 14.3 Å². The van der Waals surface area contributed by atoms with Gasteiger partial charge in [-0.1, -0.05) is 36.4 Å². The van der Waals surface area contributed by atoms with Gasteiger partial charge >= 0.3 is 0 Å². The number of amides is 1. The molecule has 1 aliphatic heterocycles. The average molecular weight is 465 g/mol. The van der Waals surface area contributed by atoms with Crippen LogP contribution >= 0.6 is 0 Å². The van der Waals surface area contributed by atoms with E-state index >= 15 is 8.78 Å². The number of aryl methyl sites for hydroxylation is 1. The van der Waals surface area contributed by atoms with Crippen molar-refractivity contribution < 1.29 is 23.1 Å². The topological polar surface area (TPSA) is 58.4 Å². The number of aromatic nitrogens is 2. The van der Waals surface area contributed by atoms with E-state index in [-0.39, 0.29) is 29.8 Å². The van der Waals surface area contributed by atoms with Crippen LogP contribution in [0.3, 0.4) is 0 Å². The number of carbonyl (C=O) groups is 1. The third kappa shape index (κ3) is 3.45. The first-order chi connectivity index (χ1) is 16.1. The summed E-state index contributed by atoms with van der Waals surface area (Å²) >= 11 is 0. The molecule has 8 heteroatoms. The maximum absolute atomic E-state index is 15.3. The standard InChI is InChI=1S/C26H22F3N3O2/c1-26(2,34)19-10-9-16(18-13-31(3)30-24(18)19)17-8-7-15(22(28)23(17)29)12-32-11-14-5-4-6-20(27)21(14)25(32)33/h4-10,13,34H,11-12H2,1-3H3. The Balaban J connectivity index is 1.53. The lowest BCUT2D eigenvalue weighted by Crippen LogP contribution is -2.24. The minimum atomic E-state index is -1.17. The van der Waals surface area contributed by atoms with Gasteiger partial charge in [-0.3, -0.25) is 9.48 Å². The van der Waals surface area contributed by atoms with E-state index in [1.54, 1.807) is 50.0 Å². The molecule has 1 aliphatic rings. The summed E-state index contributed by atoms with van der Waals surface area (Å²) in [4.78, 5) is 13.9. The summed E-state index contributed by atoms with van der Waals surface area (Å²) in [5.74, 6) is -3.28. The molecule has 0 unspecified atom stereocenters. The van der Waals surface area contributed by atoms with E-state index in [4.69, 9.17) is 0 Å². The molecule has 174 valence electrons. The number of nitrogens with zero attached hydrogens (tertiary/aromatic N) is 3. The van der Waals surface area contributed by atoms with Gasteiger partial charge in [0.2, 0.25) is 0 Å². The van der Waals surface area contributed by atoms with Crippen LogP contribution in [0.2, 0.25) is 0 Å². The van der Waals surface area contributed by atoms with Gasteiger partial charge in [-0.05, 0) is 31.0 Å². The smallest absolute Gasteiger partial charge is 0.257 e. The van der Waals surface area contributed by atoms with Crippen molar-refractivity contribution in [3.05, 3.63) is 88.4 Å². The Labute approximate surface area is 194 Å². The lowest BCUT2D eigenvalue weighted by atomic mass is 9.91. The van der Waals surface area contributed by atoms with Crippen LogP contribution in [-0.4, -0.2) is 25.7 Å². The second-order valence-corrected chi connectivity index (χ2v) is 9.12. The molecule has 0 aliphatic carbocycles. The zero-order chi connectivity index (χ0) is 24.4. The Bertz CT molecular complexity index is 1470. The van der Waals surface area contributed by atoms with Gasteiger partial charge in [0.25, 0.3) is 5.91 Å². The molecule has 5 rings (SSSR count). The zero-order valence-corrected chi connectivity index (χ0v) is 18.9. The van der Waals surface area contributed by atoms with E-state index in [2.05, 4.69) is 5.10 Å². The number of hydrogen-bond donors (Lipinski definition) is 1. The van der Waals surface area contributed by atoms with Crippen molar-refractivity contribution in [1.82, 2.24) is 14.7 Å². The monoisotopic (exact) mass is 465 g/mol. The molecule has 1 amide bonds. The molecule has 0 saturated heterocycles. The minimum Gasteiger partial charge on any atom is -0.386 e. The third-order valence-electron chi connectivity index (χ3n) is 6.23. The highest BCUT2D eigenvalue weighted by Gasteiger charge is 2.31. The summed E-state index contributed by atoms with van der Waals surface area (Å²) in [6.45, 7) is 3.21. The summed E-state index contributed by atoms with van der Waals surface area (Å²) in [5.41, 5.74) is 0.882. The van der Waals surface area contributed by atoms with Crippen LogP contribution in [0.1, 0.15) is 40.9 Å². The highest BCUT2D eigenvalue weighted by molar-refractivity contribution is 5.99. The summed E-state index contributed by atoms with van der Waals surface area (Å²) in [6, 6.07) is 10.6. The fourth-order valence-corrected chi connectivity index (χ4v) is 4.58. The van der Waals surface area contributed by atoms with Crippen LogP contribution in [0.25, 0.3) is 22.0 Å². The van der Waals surface area contributed by atoms with Crippen LogP contribution in [0.4, 0.5) is 13.2 Å². The van der Waals surface area contributed by atoms with Gasteiger partial charge in [0, 0.05) is 48.4 Å². The fraction of sp³-hybridized carbons (Fsp3) is 0.231. The number of benzene rings is 3. The van der Waals surface area contributed by atoms with Crippen molar-refractivity contribution in [3.8, 4) is 11.1 Å². The number of hydrogen-bond acceptors (Lipinski definition) is 3. The summed E-state index contributed by atoms with van der Waals surface area (Å²) in [5, 5.41) is 15.5. The SMILES string of the molecule is Cn1cc2c(-c3ccc(CN4Cc5cccc(F)c5C4=O)c(F)c3F)ccc(C(C)(C)O)c2n1.